The van der Waals surface area contributed by atoms with Crippen LogP contribution in [0.2, 0.25) is 5.02 Å². The first-order valence-corrected chi connectivity index (χ1v) is 10.8. The third kappa shape index (κ3) is 5.66. The lowest BCUT2D eigenvalue weighted by Crippen LogP contribution is -2.41. The Kier molecular flexibility index (Phi) is 6.87. The molecule has 0 saturated carbocycles. The number of nitrogens with one attached hydrogen (secondary N) is 2. The molecule has 0 aromatic heterocycles. The van der Waals surface area contributed by atoms with E-state index in [0.717, 1.165) is 12.1 Å². The Balaban J connectivity index is 1.64. The highest BCUT2D eigenvalue weighted by molar-refractivity contribution is 7.92. The number of halogens is 1. The highest BCUT2D eigenvalue weighted by Crippen LogP contribution is 2.28. The number of ether oxygens (including phenoxy) is 1. The maximum Gasteiger partial charge on any atom is 0.289 e. The van der Waals surface area contributed by atoms with E-state index in [1.807, 2.05) is 4.90 Å². The van der Waals surface area contributed by atoms with Crippen LogP contribution in [0, 0.1) is 10.1 Å². The number of carbonyl (C=O) groups is 1. The Morgan fingerprint density at radius 3 is 2.40 bits per heavy atom. The summed E-state index contributed by atoms with van der Waals surface area (Å²) < 4.78 is 32.6. The fourth-order valence-electron chi connectivity index (χ4n) is 2.80. The van der Waals surface area contributed by atoms with Crippen LogP contribution in [0.5, 0.6) is 0 Å². The molecule has 0 radical (unpaired) electrons. The molecule has 1 amide bonds. The first kappa shape index (κ1) is 22.0. The number of nitro groups is 1. The van der Waals surface area contributed by atoms with E-state index in [4.69, 9.17) is 16.3 Å². The molecule has 1 saturated heterocycles. The van der Waals surface area contributed by atoms with Crippen molar-refractivity contribution in [3.63, 3.8) is 0 Å². The topological polar surface area (TPSA) is 131 Å². The number of hydrogen-bond acceptors (Lipinski definition) is 7. The largest absolute Gasteiger partial charge is 0.379 e. The average Bonchev–Trinajstić information content (AvgIpc) is 2.70. The number of anilines is 2. The van der Waals surface area contributed by atoms with Gasteiger partial charge in [-0.05, 0) is 36.4 Å². The van der Waals surface area contributed by atoms with E-state index in [1.165, 1.54) is 18.2 Å². The van der Waals surface area contributed by atoms with Gasteiger partial charge in [0.25, 0.3) is 15.7 Å². The second-order valence-electron chi connectivity index (χ2n) is 6.49. The number of sulfonamides is 1. The van der Waals surface area contributed by atoms with Crippen LogP contribution in [0.4, 0.5) is 17.1 Å². The summed E-state index contributed by atoms with van der Waals surface area (Å²) in [6.45, 7) is 2.82. The summed E-state index contributed by atoms with van der Waals surface area (Å²) in [6, 6.07) is 9.29. The van der Waals surface area contributed by atoms with Gasteiger partial charge in [-0.3, -0.25) is 24.5 Å². The SMILES string of the molecule is O=C(CN1CCOCC1)Nc1ccc(NS(=O)(=O)c2ccc(Cl)c([N+](=O)[O-])c2)cc1. The summed E-state index contributed by atoms with van der Waals surface area (Å²) in [5.74, 6) is -0.182. The van der Waals surface area contributed by atoms with Gasteiger partial charge in [-0.2, -0.15) is 0 Å². The smallest absolute Gasteiger partial charge is 0.289 e. The van der Waals surface area contributed by atoms with Gasteiger partial charge < -0.3 is 10.1 Å². The van der Waals surface area contributed by atoms with Crippen LogP contribution >= 0.6 is 11.6 Å². The van der Waals surface area contributed by atoms with Crippen molar-refractivity contribution in [2.45, 2.75) is 4.90 Å². The minimum Gasteiger partial charge on any atom is -0.379 e. The number of rotatable bonds is 7. The highest BCUT2D eigenvalue weighted by atomic mass is 35.5. The molecule has 1 heterocycles. The summed E-state index contributed by atoms with van der Waals surface area (Å²) >= 11 is 5.72. The maximum atomic E-state index is 12.5. The van der Waals surface area contributed by atoms with E-state index in [1.54, 1.807) is 12.1 Å². The lowest BCUT2D eigenvalue weighted by atomic mass is 10.3. The Morgan fingerprint density at radius 2 is 1.77 bits per heavy atom. The molecule has 2 N–H and O–H groups in total. The quantitative estimate of drug-likeness (QED) is 0.484. The Labute approximate surface area is 178 Å². The van der Waals surface area contributed by atoms with Gasteiger partial charge in [-0.1, -0.05) is 11.6 Å². The van der Waals surface area contributed by atoms with Crippen LogP contribution in [0.25, 0.3) is 0 Å². The zero-order valence-electron chi connectivity index (χ0n) is 15.7. The van der Waals surface area contributed by atoms with E-state index in [0.29, 0.717) is 32.0 Å². The van der Waals surface area contributed by atoms with Crippen molar-refractivity contribution in [1.82, 2.24) is 4.90 Å². The highest BCUT2D eigenvalue weighted by Gasteiger charge is 2.21. The Bertz CT molecular complexity index is 1040. The van der Waals surface area contributed by atoms with Crippen LogP contribution in [0.15, 0.2) is 47.4 Å². The van der Waals surface area contributed by atoms with Crippen LogP contribution in [-0.4, -0.2) is 57.0 Å². The third-order valence-electron chi connectivity index (χ3n) is 4.32. The lowest BCUT2D eigenvalue weighted by molar-refractivity contribution is -0.384. The molecule has 0 bridgehead atoms. The minimum absolute atomic E-state index is 0.156. The van der Waals surface area contributed by atoms with Crippen molar-refractivity contribution >= 4 is 44.6 Å². The molecule has 30 heavy (non-hydrogen) atoms. The molecular formula is C18H19ClN4O6S. The minimum atomic E-state index is -4.06. The molecule has 3 rings (SSSR count). The molecule has 0 unspecified atom stereocenters. The zero-order valence-corrected chi connectivity index (χ0v) is 17.3. The summed E-state index contributed by atoms with van der Waals surface area (Å²) in [4.78, 5) is 24.0. The van der Waals surface area contributed by atoms with E-state index < -0.39 is 20.6 Å². The van der Waals surface area contributed by atoms with Crippen LogP contribution in [-0.2, 0) is 19.6 Å². The van der Waals surface area contributed by atoms with Gasteiger partial charge in [0.1, 0.15) is 5.02 Å². The molecule has 1 aliphatic rings. The molecule has 2 aromatic carbocycles. The van der Waals surface area contributed by atoms with Gasteiger partial charge in [0.05, 0.1) is 29.6 Å². The zero-order chi connectivity index (χ0) is 21.7. The van der Waals surface area contributed by atoms with Crippen molar-refractivity contribution in [2.24, 2.45) is 0 Å². The van der Waals surface area contributed by atoms with Crippen molar-refractivity contribution in [2.75, 3.05) is 42.9 Å². The van der Waals surface area contributed by atoms with Crippen LogP contribution in [0.3, 0.4) is 0 Å². The summed E-state index contributed by atoms with van der Waals surface area (Å²) in [5, 5.41) is 13.6. The van der Waals surface area contributed by atoms with Crippen LogP contribution < -0.4 is 10.0 Å². The van der Waals surface area contributed by atoms with Crippen molar-refractivity contribution in [1.29, 1.82) is 0 Å². The molecule has 0 spiro atoms. The molecule has 1 fully saturated rings. The van der Waals surface area contributed by atoms with E-state index in [2.05, 4.69) is 10.0 Å². The molecule has 0 aliphatic carbocycles. The van der Waals surface area contributed by atoms with E-state index >= 15 is 0 Å². The van der Waals surface area contributed by atoms with Gasteiger partial charge in [0.2, 0.25) is 5.91 Å². The number of nitro benzene ring substituents is 1. The van der Waals surface area contributed by atoms with Gasteiger partial charge >= 0.3 is 0 Å². The fourth-order valence-corrected chi connectivity index (χ4v) is 4.06. The Hall–Kier alpha value is -2.73. The molecule has 2 aromatic rings. The molecular weight excluding hydrogens is 436 g/mol. The molecule has 12 heteroatoms. The predicted molar refractivity (Wildman–Crippen MR) is 111 cm³/mol. The van der Waals surface area contributed by atoms with Gasteiger partial charge in [0, 0.05) is 30.5 Å². The molecule has 160 valence electrons. The van der Waals surface area contributed by atoms with Gasteiger partial charge in [-0.15, -0.1) is 0 Å². The molecule has 1 aliphatic heterocycles. The van der Waals surface area contributed by atoms with E-state index in [-0.39, 0.29) is 28.1 Å². The second kappa shape index (κ2) is 9.39. The molecule has 0 atom stereocenters. The number of nitrogens with zero attached hydrogens (tertiary/aromatic N) is 2. The summed E-state index contributed by atoms with van der Waals surface area (Å²) in [7, 11) is -4.06. The van der Waals surface area contributed by atoms with Gasteiger partial charge in [0.15, 0.2) is 0 Å². The number of benzene rings is 2. The summed E-state index contributed by atoms with van der Waals surface area (Å²) in [6.07, 6.45) is 0. The second-order valence-corrected chi connectivity index (χ2v) is 8.58. The number of hydrogen-bond donors (Lipinski definition) is 2. The Morgan fingerprint density at radius 1 is 1.13 bits per heavy atom. The fraction of sp³-hybridized carbons (Fsp3) is 0.278. The number of amides is 1. The summed E-state index contributed by atoms with van der Waals surface area (Å²) in [5.41, 5.74) is 0.245. The molecule has 10 nitrogen and oxygen atoms in total. The number of carbonyl (C=O) groups excluding carboxylic acids is 1. The predicted octanol–water partition coefficient (Wildman–Crippen LogP) is 2.32. The number of morpholine rings is 1. The van der Waals surface area contributed by atoms with Gasteiger partial charge in [-0.25, -0.2) is 8.42 Å². The van der Waals surface area contributed by atoms with E-state index in [9.17, 15) is 23.3 Å². The van der Waals surface area contributed by atoms with Crippen molar-refractivity contribution < 1.29 is 22.9 Å². The van der Waals surface area contributed by atoms with Crippen molar-refractivity contribution in [3.05, 3.63) is 57.6 Å². The third-order valence-corrected chi connectivity index (χ3v) is 6.01. The maximum absolute atomic E-state index is 12.5. The van der Waals surface area contributed by atoms with Crippen molar-refractivity contribution in [3.8, 4) is 0 Å². The first-order valence-electron chi connectivity index (χ1n) is 8.91. The first-order chi connectivity index (χ1) is 14.2. The standard InChI is InChI=1S/C18H19ClN4O6S/c19-16-6-5-15(11-17(16)23(25)26)30(27,28)21-14-3-1-13(2-4-14)20-18(24)12-22-7-9-29-10-8-22/h1-6,11,21H,7-10,12H2,(H,20,24). The average molecular weight is 455 g/mol. The van der Waals surface area contributed by atoms with Crippen LogP contribution in [0.1, 0.15) is 0 Å². The lowest BCUT2D eigenvalue weighted by Gasteiger charge is -2.25. The monoisotopic (exact) mass is 454 g/mol. The normalized spacial score (nSPS) is 14.8.